The van der Waals surface area contributed by atoms with Gasteiger partial charge in [0, 0.05) is 5.39 Å². The van der Waals surface area contributed by atoms with E-state index in [0.717, 1.165) is 22.1 Å². The van der Waals surface area contributed by atoms with Crippen LogP contribution in [-0.2, 0) is 7.05 Å². The Hall–Kier alpha value is -3.33. The summed E-state index contributed by atoms with van der Waals surface area (Å²) in [6, 6.07) is 19.3. The molecule has 0 N–H and O–H groups in total. The Bertz CT molecular complexity index is 1500. The van der Waals surface area contributed by atoms with E-state index in [9.17, 15) is 0 Å². The number of aryl methyl sites for hydroxylation is 2. The van der Waals surface area contributed by atoms with Crippen LogP contribution in [0, 0.1) is 6.92 Å². The smallest absolute Gasteiger partial charge is 0.295 e. The molecule has 0 saturated heterocycles. The molecular formula is C23H17N2O+. The maximum atomic E-state index is 6.42. The predicted molar refractivity (Wildman–Crippen MR) is 106 cm³/mol. The van der Waals surface area contributed by atoms with Crippen LogP contribution in [-0.4, -0.2) is 4.40 Å². The summed E-state index contributed by atoms with van der Waals surface area (Å²) in [6.45, 7) is 2.16. The molecule has 0 aliphatic heterocycles. The van der Waals surface area contributed by atoms with Gasteiger partial charge in [-0.15, -0.1) is 0 Å². The summed E-state index contributed by atoms with van der Waals surface area (Å²) in [4.78, 5) is 0. The second-order valence-electron chi connectivity index (χ2n) is 7.08. The Morgan fingerprint density at radius 2 is 1.73 bits per heavy atom. The molecule has 0 fully saturated rings. The highest BCUT2D eigenvalue weighted by Crippen LogP contribution is 2.38. The van der Waals surface area contributed by atoms with Crippen LogP contribution in [0.3, 0.4) is 0 Å². The van der Waals surface area contributed by atoms with E-state index >= 15 is 0 Å². The van der Waals surface area contributed by atoms with E-state index in [1.165, 1.54) is 32.8 Å². The van der Waals surface area contributed by atoms with Crippen LogP contribution >= 0.6 is 0 Å². The molecule has 3 heterocycles. The molecule has 124 valence electrons. The van der Waals surface area contributed by atoms with Crippen molar-refractivity contribution in [3.05, 3.63) is 72.6 Å². The van der Waals surface area contributed by atoms with Crippen LogP contribution in [0.25, 0.3) is 49.3 Å². The summed E-state index contributed by atoms with van der Waals surface area (Å²) in [6.07, 6.45) is 4.24. The molecule has 0 atom stereocenters. The third-order valence-corrected chi connectivity index (χ3v) is 5.51. The number of furan rings is 1. The molecular weight excluding hydrogens is 320 g/mol. The van der Waals surface area contributed by atoms with Crippen molar-refractivity contribution in [1.82, 2.24) is 4.40 Å². The normalized spacial score (nSPS) is 12.2. The summed E-state index contributed by atoms with van der Waals surface area (Å²) in [7, 11) is 2.10. The number of hydrogen-bond acceptors (Lipinski definition) is 1. The molecule has 0 amide bonds. The summed E-state index contributed by atoms with van der Waals surface area (Å²) in [5.41, 5.74) is 5.48. The zero-order valence-electron chi connectivity index (χ0n) is 14.7. The van der Waals surface area contributed by atoms with Crippen molar-refractivity contribution < 1.29 is 8.98 Å². The first-order valence-electron chi connectivity index (χ1n) is 8.85. The molecule has 6 aromatic rings. The highest BCUT2D eigenvalue weighted by Gasteiger charge is 2.23. The van der Waals surface area contributed by atoms with Crippen molar-refractivity contribution in [3.63, 3.8) is 0 Å². The summed E-state index contributed by atoms with van der Waals surface area (Å²) < 4.78 is 10.9. The molecule has 6 rings (SSSR count). The van der Waals surface area contributed by atoms with E-state index in [4.69, 9.17) is 4.42 Å². The van der Waals surface area contributed by atoms with Crippen molar-refractivity contribution >= 4 is 49.3 Å². The van der Waals surface area contributed by atoms with E-state index < -0.39 is 0 Å². The lowest BCUT2D eigenvalue weighted by atomic mass is 10.0. The monoisotopic (exact) mass is 337 g/mol. The van der Waals surface area contributed by atoms with Gasteiger partial charge in [-0.3, -0.25) is 0 Å². The summed E-state index contributed by atoms with van der Waals surface area (Å²) >= 11 is 0. The molecule has 0 bridgehead atoms. The Labute approximate surface area is 149 Å². The molecule has 3 aromatic heterocycles. The molecule has 0 aliphatic carbocycles. The zero-order chi connectivity index (χ0) is 17.4. The highest BCUT2D eigenvalue weighted by molar-refractivity contribution is 6.18. The fourth-order valence-electron chi connectivity index (χ4n) is 4.30. The number of benzene rings is 3. The zero-order valence-corrected chi connectivity index (χ0v) is 14.7. The number of rotatable bonds is 0. The van der Waals surface area contributed by atoms with Crippen LogP contribution in [0.1, 0.15) is 5.56 Å². The number of pyridine rings is 1. The van der Waals surface area contributed by atoms with Gasteiger partial charge in [0.15, 0.2) is 11.1 Å². The van der Waals surface area contributed by atoms with Crippen molar-refractivity contribution in [3.8, 4) is 0 Å². The average Bonchev–Trinajstić information content (AvgIpc) is 3.20. The quantitative estimate of drug-likeness (QED) is 0.346. The Kier molecular flexibility index (Phi) is 2.48. The Balaban J connectivity index is 1.99. The second kappa shape index (κ2) is 4.64. The lowest BCUT2D eigenvalue weighted by Crippen LogP contribution is -2.26. The molecule has 0 unspecified atom stereocenters. The number of hydrogen-bond donors (Lipinski definition) is 0. The number of nitrogens with zero attached hydrogens (tertiary/aromatic N) is 2. The Morgan fingerprint density at radius 1 is 0.923 bits per heavy atom. The van der Waals surface area contributed by atoms with Gasteiger partial charge in [0.25, 0.3) is 5.65 Å². The van der Waals surface area contributed by atoms with Gasteiger partial charge >= 0.3 is 0 Å². The minimum absolute atomic E-state index is 0.936. The standard InChI is InChI=1S/C23H17N2O/c1-14-6-5-9-17-20(14)23-24(2)10-11-25(23)21-18-12-15-7-3-4-8-16(15)13-19(18)26-22(17)21/h3-13H,1-2H3/q+1. The van der Waals surface area contributed by atoms with E-state index in [2.05, 4.69) is 89.9 Å². The predicted octanol–water partition coefficient (Wildman–Crippen LogP) is 5.28. The van der Waals surface area contributed by atoms with Gasteiger partial charge in [0.05, 0.1) is 17.8 Å². The topological polar surface area (TPSA) is 21.4 Å². The minimum Gasteiger partial charge on any atom is -0.451 e. The van der Waals surface area contributed by atoms with Crippen molar-refractivity contribution in [2.45, 2.75) is 6.92 Å². The third-order valence-electron chi connectivity index (χ3n) is 5.51. The SMILES string of the molecule is Cc1cccc2c3oc4cc5ccccc5cc4c3n3cc[n+](C)c3c12. The van der Waals surface area contributed by atoms with Gasteiger partial charge in [0.2, 0.25) is 0 Å². The van der Waals surface area contributed by atoms with Gasteiger partial charge in [0.1, 0.15) is 18.0 Å². The molecule has 26 heavy (non-hydrogen) atoms. The largest absolute Gasteiger partial charge is 0.451 e. The maximum absolute atomic E-state index is 6.42. The van der Waals surface area contributed by atoms with Crippen molar-refractivity contribution in [1.29, 1.82) is 0 Å². The summed E-state index contributed by atoms with van der Waals surface area (Å²) in [5, 5.41) is 6.01. The van der Waals surface area contributed by atoms with Crippen LogP contribution in [0.15, 0.2) is 71.4 Å². The first-order chi connectivity index (χ1) is 12.7. The number of fused-ring (bicyclic) bond motifs is 9. The lowest BCUT2D eigenvalue weighted by Gasteiger charge is -2.03. The van der Waals surface area contributed by atoms with Crippen molar-refractivity contribution in [2.75, 3.05) is 0 Å². The molecule has 3 aromatic carbocycles. The van der Waals surface area contributed by atoms with Crippen molar-refractivity contribution in [2.24, 2.45) is 7.05 Å². The van der Waals surface area contributed by atoms with Crippen LogP contribution in [0.2, 0.25) is 0 Å². The first kappa shape index (κ1) is 13.9. The highest BCUT2D eigenvalue weighted by atomic mass is 16.3. The second-order valence-corrected chi connectivity index (χ2v) is 7.08. The molecule has 0 radical (unpaired) electrons. The van der Waals surface area contributed by atoms with Crippen LogP contribution < -0.4 is 4.57 Å². The minimum atomic E-state index is 0.936. The average molecular weight is 337 g/mol. The van der Waals surface area contributed by atoms with E-state index in [1.54, 1.807) is 0 Å². The molecule has 0 aliphatic rings. The summed E-state index contributed by atoms with van der Waals surface area (Å²) in [5.74, 6) is 0. The molecule has 0 spiro atoms. The molecule has 3 heteroatoms. The lowest BCUT2D eigenvalue weighted by molar-refractivity contribution is -0.643. The fourth-order valence-corrected chi connectivity index (χ4v) is 4.30. The number of imidazole rings is 1. The van der Waals surface area contributed by atoms with E-state index in [1.807, 2.05) is 0 Å². The molecule has 3 nitrogen and oxygen atoms in total. The van der Waals surface area contributed by atoms with Crippen LogP contribution in [0.5, 0.6) is 0 Å². The first-order valence-corrected chi connectivity index (χ1v) is 8.85. The van der Waals surface area contributed by atoms with Gasteiger partial charge in [-0.25, -0.2) is 4.57 Å². The molecule has 0 saturated carbocycles. The Morgan fingerprint density at radius 3 is 2.58 bits per heavy atom. The van der Waals surface area contributed by atoms with Gasteiger partial charge in [-0.05, 0) is 35.4 Å². The van der Waals surface area contributed by atoms with Crippen LogP contribution in [0.4, 0.5) is 0 Å². The maximum Gasteiger partial charge on any atom is 0.295 e. The number of aromatic nitrogens is 2. The third kappa shape index (κ3) is 1.60. The van der Waals surface area contributed by atoms with E-state index in [0.29, 0.717) is 0 Å². The van der Waals surface area contributed by atoms with Gasteiger partial charge in [-0.1, -0.05) is 42.5 Å². The van der Waals surface area contributed by atoms with Gasteiger partial charge < -0.3 is 4.42 Å². The van der Waals surface area contributed by atoms with Gasteiger partial charge in [-0.2, -0.15) is 4.40 Å². The van der Waals surface area contributed by atoms with E-state index in [-0.39, 0.29) is 0 Å². The fraction of sp³-hybridized carbons (Fsp3) is 0.0870.